The van der Waals surface area contributed by atoms with Crippen LogP contribution in [0.5, 0.6) is 0 Å². The van der Waals surface area contributed by atoms with Crippen molar-refractivity contribution in [2.45, 2.75) is 91.5 Å². The Labute approximate surface area is 187 Å². The van der Waals surface area contributed by atoms with Gasteiger partial charge < -0.3 is 14.2 Å². The smallest absolute Gasteiger partial charge is 0.311 e. The van der Waals surface area contributed by atoms with Gasteiger partial charge in [-0.25, -0.2) is 0 Å². The molecule has 5 heteroatoms. The minimum atomic E-state index is -0.471. The molecule has 3 aliphatic rings. The normalized spacial score (nSPS) is 35.7. The van der Waals surface area contributed by atoms with Crippen LogP contribution in [0.2, 0.25) is 0 Å². The number of fused-ring (bicyclic) bond motifs is 1. The summed E-state index contributed by atoms with van der Waals surface area (Å²) in [6, 6.07) is 0. The fourth-order valence-corrected chi connectivity index (χ4v) is 5.24. The standard InChI is InChI=1S/C26H40O5/c1-7-26(4,5)25(28)31-22-13-16(2)12-18-9-8-17(3)21(24(18)22)11-10-19-14-20(29-6)15-23(27)30-19/h8-9,12,16-17,19-22,24H,7,10-11,13-15H2,1-6H3/t16-,17-,19+,20+,21-,22-,24-/m0/s1. The highest BCUT2D eigenvalue weighted by atomic mass is 16.6. The van der Waals surface area contributed by atoms with E-state index in [0.29, 0.717) is 24.2 Å². The Morgan fingerprint density at radius 2 is 1.97 bits per heavy atom. The number of hydrogen-bond donors (Lipinski definition) is 0. The number of carbonyl (C=O) groups is 2. The summed E-state index contributed by atoms with van der Waals surface area (Å²) in [6.07, 6.45) is 11.1. The highest BCUT2D eigenvalue weighted by molar-refractivity contribution is 5.76. The Morgan fingerprint density at radius 3 is 2.65 bits per heavy atom. The Bertz CT molecular complexity index is 721. The van der Waals surface area contributed by atoms with Crippen LogP contribution in [0.4, 0.5) is 0 Å². The largest absolute Gasteiger partial charge is 0.462 e. The molecule has 174 valence electrons. The lowest BCUT2D eigenvalue weighted by molar-refractivity contribution is -0.166. The third kappa shape index (κ3) is 5.60. The molecule has 0 aromatic rings. The lowest BCUT2D eigenvalue weighted by Crippen LogP contribution is -2.43. The zero-order valence-corrected chi connectivity index (χ0v) is 20.1. The van der Waals surface area contributed by atoms with E-state index >= 15 is 0 Å². The second kappa shape index (κ2) is 9.89. The van der Waals surface area contributed by atoms with E-state index in [1.807, 2.05) is 20.8 Å². The third-order valence-electron chi connectivity index (χ3n) is 7.66. The van der Waals surface area contributed by atoms with Crippen molar-refractivity contribution in [2.75, 3.05) is 7.11 Å². The minimum absolute atomic E-state index is 0.0501. The topological polar surface area (TPSA) is 61.8 Å². The van der Waals surface area contributed by atoms with Crippen molar-refractivity contribution in [1.82, 2.24) is 0 Å². The van der Waals surface area contributed by atoms with Gasteiger partial charge in [-0.15, -0.1) is 0 Å². The quantitative estimate of drug-likeness (QED) is 0.515. The van der Waals surface area contributed by atoms with Gasteiger partial charge in [0.25, 0.3) is 0 Å². The van der Waals surface area contributed by atoms with Crippen LogP contribution in [0, 0.1) is 29.1 Å². The summed E-state index contributed by atoms with van der Waals surface area (Å²) in [6.45, 7) is 10.4. The van der Waals surface area contributed by atoms with Crippen LogP contribution in [0.1, 0.15) is 73.1 Å². The number of esters is 2. The van der Waals surface area contributed by atoms with Crippen LogP contribution >= 0.6 is 0 Å². The van der Waals surface area contributed by atoms with Gasteiger partial charge in [0.1, 0.15) is 12.2 Å². The Kier molecular flexibility index (Phi) is 7.67. The Hall–Kier alpha value is -1.62. The summed E-state index contributed by atoms with van der Waals surface area (Å²) < 4.78 is 17.2. The van der Waals surface area contributed by atoms with Crippen LogP contribution in [0.25, 0.3) is 0 Å². The van der Waals surface area contributed by atoms with Crippen LogP contribution in [-0.2, 0) is 23.8 Å². The Balaban J connectivity index is 1.75. The molecule has 1 heterocycles. The first kappa shape index (κ1) is 24.0. The Morgan fingerprint density at radius 1 is 1.23 bits per heavy atom. The van der Waals surface area contributed by atoms with E-state index in [1.165, 1.54) is 5.57 Å². The molecule has 1 aliphatic heterocycles. The van der Waals surface area contributed by atoms with Crippen LogP contribution in [0.3, 0.4) is 0 Å². The highest BCUT2D eigenvalue weighted by Gasteiger charge is 2.43. The average molecular weight is 433 g/mol. The summed E-state index contributed by atoms with van der Waals surface area (Å²) in [5.41, 5.74) is 0.825. The molecule has 2 aliphatic carbocycles. The van der Waals surface area contributed by atoms with E-state index in [2.05, 4.69) is 32.1 Å². The van der Waals surface area contributed by atoms with Gasteiger partial charge in [-0.3, -0.25) is 9.59 Å². The maximum atomic E-state index is 12.9. The predicted molar refractivity (Wildman–Crippen MR) is 120 cm³/mol. The predicted octanol–water partition coefficient (Wildman–Crippen LogP) is 5.24. The van der Waals surface area contributed by atoms with Crippen molar-refractivity contribution in [3.05, 3.63) is 23.8 Å². The number of allylic oxidation sites excluding steroid dienone is 3. The molecule has 0 unspecified atom stereocenters. The van der Waals surface area contributed by atoms with Gasteiger partial charge in [-0.05, 0) is 62.9 Å². The van der Waals surface area contributed by atoms with Gasteiger partial charge in [-0.2, -0.15) is 0 Å². The van der Waals surface area contributed by atoms with Gasteiger partial charge >= 0.3 is 11.9 Å². The number of rotatable bonds is 7. The number of carbonyl (C=O) groups excluding carboxylic acids is 2. The number of cyclic esters (lactones) is 1. The SMILES string of the molecule is CCC(C)(C)C(=O)O[C@H]1C[C@@H](C)C=C2C=C[C@H](C)[C@H](CC[C@@H]3C[C@@H](OC)CC(=O)O3)[C@H]21. The molecule has 0 spiro atoms. The molecule has 31 heavy (non-hydrogen) atoms. The van der Waals surface area contributed by atoms with Crippen LogP contribution in [-0.4, -0.2) is 37.4 Å². The first-order valence-corrected chi connectivity index (χ1v) is 12.0. The fraction of sp³-hybridized carbons (Fsp3) is 0.769. The third-order valence-corrected chi connectivity index (χ3v) is 7.66. The summed E-state index contributed by atoms with van der Waals surface area (Å²) >= 11 is 0. The van der Waals surface area contributed by atoms with Gasteiger partial charge in [0.2, 0.25) is 0 Å². The minimum Gasteiger partial charge on any atom is -0.462 e. The fourth-order valence-electron chi connectivity index (χ4n) is 5.24. The molecule has 0 bridgehead atoms. The van der Waals surface area contributed by atoms with Crippen molar-refractivity contribution >= 4 is 11.9 Å². The second-order valence-electron chi connectivity index (χ2n) is 10.5. The summed E-state index contributed by atoms with van der Waals surface area (Å²) in [4.78, 5) is 24.9. The van der Waals surface area contributed by atoms with Crippen molar-refractivity contribution < 1.29 is 23.8 Å². The molecule has 0 aromatic carbocycles. The van der Waals surface area contributed by atoms with Gasteiger partial charge in [0.05, 0.1) is 17.9 Å². The van der Waals surface area contributed by atoms with E-state index in [0.717, 1.165) is 32.1 Å². The number of ether oxygens (including phenoxy) is 3. The molecular weight excluding hydrogens is 392 g/mol. The van der Waals surface area contributed by atoms with Crippen LogP contribution < -0.4 is 0 Å². The molecule has 0 radical (unpaired) electrons. The molecular formula is C26H40O5. The lowest BCUT2D eigenvalue weighted by atomic mass is 9.65. The second-order valence-corrected chi connectivity index (χ2v) is 10.5. The molecule has 1 fully saturated rings. The van der Waals surface area contributed by atoms with Gasteiger partial charge in [-0.1, -0.05) is 39.0 Å². The molecule has 0 saturated carbocycles. The summed E-state index contributed by atoms with van der Waals surface area (Å²) in [5.74, 6) is 1.06. The molecule has 0 aromatic heterocycles. The van der Waals surface area contributed by atoms with Crippen molar-refractivity contribution in [1.29, 1.82) is 0 Å². The number of hydrogen-bond acceptors (Lipinski definition) is 5. The monoisotopic (exact) mass is 432 g/mol. The van der Waals surface area contributed by atoms with Gasteiger partial charge in [0, 0.05) is 19.4 Å². The molecule has 1 saturated heterocycles. The maximum Gasteiger partial charge on any atom is 0.311 e. The van der Waals surface area contributed by atoms with E-state index < -0.39 is 5.41 Å². The average Bonchev–Trinajstić information content (AvgIpc) is 2.72. The zero-order chi connectivity index (χ0) is 22.8. The first-order valence-electron chi connectivity index (χ1n) is 12.0. The van der Waals surface area contributed by atoms with E-state index in [-0.39, 0.29) is 36.2 Å². The summed E-state index contributed by atoms with van der Waals surface area (Å²) in [5, 5.41) is 0. The van der Waals surface area contributed by atoms with Crippen molar-refractivity contribution in [3.63, 3.8) is 0 Å². The molecule has 0 N–H and O–H groups in total. The van der Waals surface area contributed by atoms with Crippen molar-refractivity contribution in [3.8, 4) is 0 Å². The van der Waals surface area contributed by atoms with Crippen molar-refractivity contribution in [2.24, 2.45) is 29.1 Å². The van der Waals surface area contributed by atoms with E-state index in [9.17, 15) is 9.59 Å². The lowest BCUT2D eigenvalue weighted by Gasteiger charge is -2.44. The zero-order valence-electron chi connectivity index (χ0n) is 20.1. The molecule has 3 rings (SSSR count). The van der Waals surface area contributed by atoms with Gasteiger partial charge in [0.15, 0.2) is 0 Å². The number of methoxy groups -OCH3 is 1. The molecule has 7 atom stereocenters. The highest BCUT2D eigenvalue weighted by Crippen LogP contribution is 2.45. The van der Waals surface area contributed by atoms with Crippen LogP contribution in [0.15, 0.2) is 23.8 Å². The molecule has 5 nitrogen and oxygen atoms in total. The summed E-state index contributed by atoms with van der Waals surface area (Å²) in [7, 11) is 1.66. The molecule has 0 amide bonds. The van der Waals surface area contributed by atoms with E-state index in [4.69, 9.17) is 14.2 Å². The van der Waals surface area contributed by atoms with E-state index in [1.54, 1.807) is 7.11 Å². The first-order chi connectivity index (χ1) is 14.6. The maximum absolute atomic E-state index is 12.9.